The summed E-state index contributed by atoms with van der Waals surface area (Å²) in [6.07, 6.45) is 6.41. The maximum absolute atomic E-state index is 6.07. The zero-order valence-electron chi connectivity index (χ0n) is 10.1. The van der Waals surface area contributed by atoms with E-state index in [1.54, 1.807) is 0 Å². The predicted octanol–water partition coefficient (Wildman–Crippen LogP) is 2.26. The zero-order valence-corrected chi connectivity index (χ0v) is 11.7. The average molecular weight is 284 g/mol. The minimum atomic E-state index is 0.427. The highest BCUT2D eigenvalue weighted by Gasteiger charge is 2.28. The Bertz CT molecular complexity index is 537. The molecular weight excluding hydrogens is 270 g/mol. The summed E-state index contributed by atoms with van der Waals surface area (Å²) >= 11 is 7.32. The smallest absolute Gasteiger partial charge is 0.138 e. The Kier molecular flexibility index (Phi) is 3.32. The summed E-state index contributed by atoms with van der Waals surface area (Å²) in [5.74, 6) is 0. The van der Waals surface area contributed by atoms with Crippen LogP contribution in [-0.2, 0) is 13.6 Å². The summed E-state index contributed by atoms with van der Waals surface area (Å²) in [5.41, 5.74) is 2.16. The fourth-order valence-electron chi connectivity index (χ4n) is 2.49. The number of halogens is 1. The monoisotopic (exact) mass is 283 g/mol. The van der Waals surface area contributed by atoms with Crippen LogP contribution in [0.4, 0.5) is 0 Å². The van der Waals surface area contributed by atoms with Crippen LogP contribution in [0.25, 0.3) is 0 Å². The van der Waals surface area contributed by atoms with Gasteiger partial charge in [-0.1, -0.05) is 16.1 Å². The predicted molar refractivity (Wildman–Crippen MR) is 70.5 cm³/mol. The van der Waals surface area contributed by atoms with Crippen molar-refractivity contribution in [3.63, 3.8) is 0 Å². The molecule has 0 N–H and O–H groups in total. The van der Waals surface area contributed by atoms with Gasteiger partial charge in [0.2, 0.25) is 0 Å². The fourth-order valence-corrected chi connectivity index (χ4v) is 3.10. The van der Waals surface area contributed by atoms with E-state index in [0.29, 0.717) is 10.4 Å². The number of hydrogen-bond acceptors (Lipinski definition) is 5. The van der Waals surface area contributed by atoms with Crippen molar-refractivity contribution in [1.82, 2.24) is 24.3 Å². The molecule has 96 valence electrons. The number of nitrogens with zero attached hydrogens (tertiary/aromatic N) is 5. The molecule has 3 rings (SSSR count). The molecule has 1 saturated heterocycles. The third kappa shape index (κ3) is 2.28. The normalized spacial score (nSPS) is 20.7. The summed E-state index contributed by atoms with van der Waals surface area (Å²) in [6.45, 7) is 1.85. The average Bonchev–Trinajstić information content (AvgIpc) is 3.03. The molecule has 1 aliphatic rings. The van der Waals surface area contributed by atoms with Crippen LogP contribution in [0.15, 0.2) is 12.4 Å². The van der Waals surface area contributed by atoms with E-state index in [1.807, 2.05) is 17.9 Å². The molecule has 2 aromatic heterocycles. The highest BCUT2D eigenvalue weighted by Crippen LogP contribution is 2.33. The van der Waals surface area contributed by atoms with Crippen LogP contribution in [0.5, 0.6) is 0 Å². The molecule has 1 aliphatic heterocycles. The SMILES string of the molecule is Cn1cc(C2CCCN2Cc2nnsc2Cl)cn1. The minimum Gasteiger partial charge on any atom is -0.290 e. The molecule has 0 spiro atoms. The molecule has 0 aliphatic carbocycles. The highest BCUT2D eigenvalue weighted by atomic mass is 35.5. The van der Waals surface area contributed by atoms with Crippen molar-refractivity contribution in [2.45, 2.75) is 25.4 Å². The van der Waals surface area contributed by atoms with E-state index < -0.39 is 0 Å². The van der Waals surface area contributed by atoms with Gasteiger partial charge in [-0.25, -0.2) is 0 Å². The molecule has 18 heavy (non-hydrogen) atoms. The van der Waals surface area contributed by atoms with Gasteiger partial charge in [-0.3, -0.25) is 9.58 Å². The Balaban J connectivity index is 1.77. The lowest BCUT2D eigenvalue weighted by Crippen LogP contribution is -2.22. The van der Waals surface area contributed by atoms with Crippen LogP contribution in [-0.4, -0.2) is 30.8 Å². The molecule has 5 nitrogen and oxygen atoms in total. The van der Waals surface area contributed by atoms with Crippen molar-refractivity contribution < 1.29 is 0 Å². The van der Waals surface area contributed by atoms with Gasteiger partial charge in [0.25, 0.3) is 0 Å². The first-order valence-corrected chi connectivity index (χ1v) is 7.08. The molecule has 0 radical (unpaired) electrons. The zero-order chi connectivity index (χ0) is 12.5. The summed E-state index contributed by atoms with van der Waals surface area (Å²) in [7, 11) is 1.95. The van der Waals surface area contributed by atoms with Gasteiger partial charge in [0.05, 0.1) is 6.20 Å². The number of likely N-dealkylation sites (tertiary alicyclic amines) is 1. The van der Waals surface area contributed by atoms with Gasteiger partial charge in [-0.15, -0.1) is 5.10 Å². The van der Waals surface area contributed by atoms with Crippen LogP contribution >= 0.6 is 23.1 Å². The minimum absolute atomic E-state index is 0.427. The second-order valence-electron chi connectivity index (χ2n) is 4.57. The lowest BCUT2D eigenvalue weighted by atomic mass is 10.1. The number of hydrogen-bond donors (Lipinski definition) is 0. The van der Waals surface area contributed by atoms with Gasteiger partial charge < -0.3 is 0 Å². The first-order valence-electron chi connectivity index (χ1n) is 5.93. The van der Waals surface area contributed by atoms with Gasteiger partial charge in [0.15, 0.2) is 0 Å². The lowest BCUT2D eigenvalue weighted by Gasteiger charge is -2.22. The third-order valence-electron chi connectivity index (χ3n) is 3.34. The fraction of sp³-hybridized carbons (Fsp3) is 0.545. The first kappa shape index (κ1) is 12.1. The van der Waals surface area contributed by atoms with Gasteiger partial charge in [0, 0.05) is 42.9 Å². The van der Waals surface area contributed by atoms with E-state index in [9.17, 15) is 0 Å². The first-order chi connectivity index (χ1) is 8.74. The van der Waals surface area contributed by atoms with E-state index >= 15 is 0 Å². The standard InChI is InChI=1S/C11H14ClN5S/c1-16-6-8(5-13-16)10-3-2-4-17(10)7-9-11(12)18-15-14-9/h5-6,10H,2-4,7H2,1H3. The van der Waals surface area contributed by atoms with Gasteiger partial charge in [-0.2, -0.15) is 5.10 Å². The molecule has 0 saturated carbocycles. The third-order valence-corrected chi connectivity index (χ3v) is 4.32. The maximum Gasteiger partial charge on any atom is 0.138 e. The molecule has 1 unspecified atom stereocenters. The molecule has 7 heteroatoms. The van der Waals surface area contributed by atoms with Crippen LogP contribution in [0.2, 0.25) is 4.34 Å². The molecule has 3 heterocycles. The Hall–Kier alpha value is -0.980. The van der Waals surface area contributed by atoms with Gasteiger partial charge >= 0.3 is 0 Å². The van der Waals surface area contributed by atoms with E-state index in [4.69, 9.17) is 11.6 Å². The van der Waals surface area contributed by atoms with Gasteiger partial charge in [-0.05, 0) is 19.4 Å². The molecule has 1 fully saturated rings. The molecule has 1 atom stereocenters. The Morgan fingerprint density at radius 3 is 3.11 bits per heavy atom. The quantitative estimate of drug-likeness (QED) is 0.867. The molecule has 0 aromatic carbocycles. The molecular formula is C11H14ClN5S. The van der Waals surface area contributed by atoms with E-state index in [1.165, 1.54) is 29.9 Å². The number of aryl methyl sites for hydroxylation is 1. The van der Waals surface area contributed by atoms with E-state index in [-0.39, 0.29) is 0 Å². The second kappa shape index (κ2) is 4.95. The number of aromatic nitrogens is 4. The Morgan fingerprint density at radius 1 is 1.56 bits per heavy atom. The topological polar surface area (TPSA) is 46.8 Å². The summed E-state index contributed by atoms with van der Waals surface area (Å²) in [5, 5.41) is 8.33. The molecule has 0 bridgehead atoms. The van der Waals surface area contributed by atoms with Crippen LogP contribution in [0.1, 0.15) is 30.1 Å². The molecule has 2 aromatic rings. The van der Waals surface area contributed by atoms with Crippen LogP contribution in [0, 0.1) is 0 Å². The lowest BCUT2D eigenvalue weighted by molar-refractivity contribution is 0.245. The summed E-state index contributed by atoms with van der Waals surface area (Å²) in [4.78, 5) is 2.40. The van der Waals surface area contributed by atoms with Crippen LogP contribution < -0.4 is 0 Å². The number of rotatable bonds is 3. The Morgan fingerprint density at radius 2 is 2.44 bits per heavy atom. The van der Waals surface area contributed by atoms with Crippen molar-refractivity contribution in [3.05, 3.63) is 28.0 Å². The largest absolute Gasteiger partial charge is 0.290 e. The van der Waals surface area contributed by atoms with E-state index in [2.05, 4.69) is 25.8 Å². The van der Waals surface area contributed by atoms with Crippen molar-refractivity contribution in [2.75, 3.05) is 6.54 Å². The highest BCUT2D eigenvalue weighted by molar-refractivity contribution is 7.10. The second-order valence-corrected chi connectivity index (χ2v) is 5.93. The summed E-state index contributed by atoms with van der Waals surface area (Å²) in [6, 6.07) is 0.427. The van der Waals surface area contributed by atoms with Crippen molar-refractivity contribution >= 4 is 23.1 Å². The van der Waals surface area contributed by atoms with Gasteiger partial charge in [0.1, 0.15) is 10.0 Å². The van der Waals surface area contributed by atoms with E-state index in [0.717, 1.165) is 18.8 Å². The summed E-state index contributed by atoms with van der Waals surface area (Å²) < 4.78 is 6.43. The maximum atomic E-state index is 6.07. The Labute approximate surface area is 115 Å². The van der Waals surface area contributed by atoms with Crippen LogP contribution in [0.3, 0.4) is 0 Å². The van der Waals surface area contributed by atoms with Crippen molar-refractivity contribution in [2.24, 2.45) is 7.05 Å². The van der Waals surface area contributed by atoms with Crippen molar-refractivity contribution in [3.8, 4) is 0 Å². The molecule has 0 amide bonds. The van der Waals surface area contributed by atoms with Crippen molar-refractivity contribution in [1.29, 1.82) is 0 Å².